The van der Waals surface area contributed by atoms with Crippen molar-refractivity contribution in [3.05, 3.63) is 394 Å². The smallest absolute Gasteiger partial charge is 0.166 e. The first-order chi connectivity index (χ1) is 57.5. The summed E-state index contributed by atoms with van der Waals surface area (Å²) in [5, 5.41) is 24.5. The zero-order valence-electron chi connectivity index (χ0n) is 62.4. The van der Waals surface area contributed by atoms with E-state index in [0.717, 1.165) is 161 Å². The Bertz CT molecular complexity index is 7690. The molecule has 0 aliphatic heterocycles. The second kappa shape index (κ2) is 25.5. The number of rotatable bonds is 11. The fourth-order valence-corrected chi connectivity index (χ4v) is 18.8. The number of para-hydroxylation sites is 8. The van der Waals surface area contributed by atoms with Gasteiger partial charge in [0.2, 0.25) is 0 Å². The number of nitriles is 1. The molecule has 10 nitrogen and oxygen atoms in total. The average molecular weight is 1480 g/mol. The van der Waals surface area contributed by atoms with E-state index in [1.807, 2.05) is 54.6 Å². The summed E-state index contributed by atoms with van der Waals surface area (Å²) < 4.78 is 14.6. The lowest BCUT2D eigenvalue weighted by Crippen LogP contribution is -2.05. The summed E-state index contributed by atoms with van der Waals surface area (Å²) in [5.41, 5.74) is 26.0. The van der Waals surface area contributed by atoms with Gasteiger partial charge in [-0.25, -0.2) is 15.0 Å². The molecule has 7 heterocycles. The largest absolute Gasteiger partial charge is 0.309 e. The van der Waals surface area contributed by atoms with Crippen LogP contribution in [0.15, 0.2) is 388 Å². The van der Waals surface area contributed by atoms with E-state index in [4.69, 9.17) is 15.0 Å². The molecule has 538 valence electrons. The van der Waals surface area contributed by atoms with Crippen molar-refractivity contribution in [2.24, 2.45) is 0 Å². The first-order valence-electron chi connectivity index (χ1n) is 39.3. The van der Waals surface area contributed by atoms with Gasteiger partial charge in [-0.05, 0) is 174 Å². The van der Waals surface area contributed by atoms with Crippen molar-refractivity contribution in [2.75, 3.05) is 0 Å². The number of benzene rings is 17. The second-order valence-electron chi connectivity index (χ2n) is 30.2. The highest BCUT2D eigenvalue weighted by Crippen LogP contribution is 2.47. The van der Waals surface area contributed by atoms with Crippen LogP contribution in [0, 0.1) is 11.3 Å². The van der Waals surface area contributed by atoms with Crippen LogP contribution in [0.4, 0.5) is 0 Å². The highest BCUT2D eigenvalue weighted by atomic mass is 15.1. The van der Waals surface area contributed by atoms with Crippen molar-refractivity contribution in [3.63, 3.8) is 0 Å². The molecule has 24 aromatic rings. The number of fused-ring (bicyclic) bond motifs is 18. The SMILES string of the molecule is N#Cc1cccc(-c2ccc(-n3c4ccc(-n5c6ccccc6c6ccccc65)cc4c4cc(-n5c6ccccc6c6ccccc65)ccc43)c(-c3ccc(-n4c5ccc(-n6c7ccccc7c7ccccc76)cc5c5cc(-n6c7ccccc7c7ccccc76)ccc54)c(-c4nc(-c5ccccc5)nc(-c5ccccc5)n4)c3)c2)c1. The monoisotopic (exact) mass is 1480 g/mol. The molecule has 0 aliphatic carbocycles. The zero-order chi connectivity index (χ0) is 76.2. The Labute approximate surface area is 664 Å². The van der Waals surface area contributed by atoms with Crippen molar-refractivity contribution in [1.29, 1.82) is 5.26 Å². The van der Waals surface area contributed by atoms with E-state index >= 15 is 0 Å². The molecule has 0 atom stereocenters. The molecule has 17 aromatic carbocycles. The van der Waals surface area contributed by atoms with Gasteiger partial charge in [0.1, 0.15) is 0 Å². The number of nitrogens with zero attached hydrogens (tertiary/aromatic N) is 10. The van der Waals surface area contributed by atoms with Gasteiger partial charge in [-0.15, -0.1) is 0 Å². The third-order valence-corrected chi connectivity index (χ3v) is 23.9. The molecule has 0 saturated heterocycles. The predicted molar refractivity (Wildman–Crippen MR) is 478 cm³/mol. The van der Waals surface area contributed by atoms with Crippen LogP contribution in [0.2, 0.25) is 0 Å². The molecule has 0 fully saturated rings. The Balaban J connectivity index is 0.798. The number of hydrogen-bond acceptors (Lipinski definition) is 4. The molecule has 10 heteroatoms. The lowest BCUT2D eigenvalue weighted by molar-refractivity contribution is 1.06. The van der Waals surface area contributed by atoms with Gasteiger partial charge >= 0.3 is 0 Å². The molecule has 0 saturated carbocycles. The van der Waals surface area contributed by atoms with E-state index in [0.29, 0.717) is 23.0 Å². The van der Waals surface area contributed by atoms with E-state index in [2.05, 4.69) is 367 Å². The third kappa shape index (κ3) is 9.86. The van der Waals surface area contributed by atoms with Crippen LogP contribution in [0.25, 0.3) is 221 Å². The molecular formula is C106H64N10. The van der Waals surface area contributed by atoms with Gasteiger partial charge in [0, 0.05) is 110 Å². The number of hydrogen-bond donors (Lipinski definition) is 0. The summed E-state index contributed by atoms with van der Waals surface area (Å²) in [7, 11) is 0. The first kappa shape index (κ1) is 64.8. The fraction of sp³-hybridized carbons (Fsp3) is 0. The highest BCUT2D eigenvalue weighted by molar-refractivity contribution is 6.17. The summed E-state index contributed by atoms with van der Waals surface area (Å²) in [5.74, 6) is 1.59. The van der Waals surface area contributed by atoms with Gasteiger partial charge in [-0.2, -0.15) is 5.26 Å². The van der Waals surface area contributed by atoms with Gasteiger partial charge in [0.05, 0.1) is 89.2 Å². The van der Waals surface area contributed by atoms with E-state index in [-0.39, 0.29) is 0 Å². The van der Waals surface area contributed by atoms with Gasteiger partial charge in [0.15, 0.2) is 17.5 Å². The van der Waals surface area contributed by atoms with E-state index in [1.54, 1.807) is 0 Å². The lowest BCUT2D eigenvalue weighted by atomic mass is 9.94. The van der Waals surface area contributed by atoms with Crippen molar-refractivity contribution in [3.8, 4) is 96.6 Å². The molecule has 7 aromatic heterocycles. The highest BCUT2D eigenvalue weighted by Gasteiger charge is 2.27. The third-order valence-electron chi connectivity index (χ3n) is 23.9. The lowest BCUT2D eigenvalue weighted by Gasteiger charge is -2.19. The molecule has 0 unspecified atom stereocenters. The molecule has 116 heavy (non-hydrogen) atoms. The molecule has 0 amide bonds. The van der Waals surface area contributed by atoms with E-state index in [9.17, 15) is 5.26 Å². The van der Waals surface area contributed by atoms with Gasteiger partial charge < -0.3 is 27.4 Å². The Kier molecular flexibility index (Phi) is 14.3. The van der Waals surface area contributed by atoms with Gasteiger partial charge in [0.25, 0.3) is 0 Å². The molecule has 0 N–H and O–H groups in total. The molecule has 24 rings (SSSR count). The molecule has 0 spiro atoms. The summed E-state index contributed by atoms with van der Waals surface area (Å²) in [6.45, 7) is 0. The van der Waals surface area contributed by atoms with Crippen molar-refractivity contribution >= 4 is 131 Å². The van der Waals surface area contributed by atoms with Gasteiger partial charge in [-0.3, -0.25) is 0 Å². The van der Waals surface area contributed by atoms with Crippen LogP contribution in [-0.2, 0) is 0 Å². The first-order valence-corrected chi connectivity index (χ1v) is 39.3. The van der Waals surface area contributed by atoms with Crippen LogP contribution in [0.3, 0.4) is 0 Å². The van der Waals surface area contributed by atoms with Crippen molar-refractivity contribution in [2.45, 2.75) is 0 Å². The van der Waals surface area contributed by atoms with Crippen molar-refractivity contribution < 1.29 is 0 Å². The Morgan fingerprint density at radius 1 is 0.181 bits per heavy atom. The van der Waals surface area contributed by atoms with E-state index < -0.39 is 0 Å². The Hall–Kier alpha value is -16.0. The minimum atomic E-state index is 0.500. The summed E-state index contributed by atoms with van der Waals surface area (Å²) in [6, 6.07) is 143. The summed E-state index contributed by atoms with van der Waals surface area (Å²) in [4.78, 5) is 16.7. The maximum atomic E-state index is 10.5. The fourth-order valence-electron chi connectivity index (χ4n) is 18.8. The predicted octanol–water partition coefficient (Wildman–Crippen LogP) is 26.7. The Morgan fingerprint density at radius 2 is 0.448 bits per heavy atom. The average Bonchev–Trinajstić information content (AvgIpc) is 1.55. The topological polar surface area (TPSA) is 92.0 Å². The number of aromatic nitrogens is 9. The molecular weight excluding hydrogens is 1410 g/mol. The second-order valence-corrected chi connectivity index (χ2v) is 30.2. The quantitative estimate of drug-likeness (QED) is 0.129. The van der Waals surface area contributed by atoms with Crippen LogP contribution < -0.4 is 0 Å². The standard InChI is InChI=1S/C106H64N10/c107-65-66-24-23-29-69(58-66)70-46-52-98(115-99-54-48-72(111-90-38-15-7-30-76(90)77-31-8-16-39-91(77)111)61-85(99)86-62-73(49-55-100(86)115)112-92-40-17-9-32-78(92)79-33-10-18-41-93(79)112)84(59-70)71-47-53-103(89(60-71)106-109-104(67-25-3-1-4-26-67)108-105(110-106)68-27-5-2-6-28-68)116-101-56-50-74(113-94-42-19-11-34-80(94)81-35-12-20-43-95(81)113)63-87(101)88-64-75(51-57-102(88)116)114-96-44-21-13-36-82(96)83-37-14-22-45-97(83)114/h1-64H. The minimum Gasteiger partial charge on any atom is -0.309 e. The zero-order valence-corrected chi connectivity index (χ0v) is 62.4. The van der Waals surface area contributed by atoms with Crippen LogP contribution in [0.5, 0.6) is 0 Å². The maximum absolute atomic E-state index is 10.5. The van der Waals surface area contributed by atoms with Crippen LogP contribution >= 0.6 is 0 Å². The summed E-state index contributed by atoms with van der Waals surface area (Å²) in [6.07, 6.45) is 0. The molecule has 0 bridgehead atoms. The van der Waals surface area contributed by atoms with Crippen molar-refractivity contribution in [1.82, 2.24) is 42.4 Å². The summed E-state index contributed by atoms with van der Waals surface area (Å²) >= 11 is 0. The van der Waals surface area contributed by atoms with E-state index in [1.165, 1.54) is 43.1 Å². The van der Waals surface area contributed by atoms with Crippen LogP contribution in [-0.4, -0.2) is 42.4 Å². The Morgan fingerprint density at radius 3 is 0.784 bits per heavy atom. The maximum Gasteiger partial charge on any atom is 0.166 e. The van der Waals surface area contributed by atoms with Gasteiger partial charge in [-0.1, -0.05) is 231 Å². The molecule has 0 aliphatic rings. The molecule has 0 radical (unpaired) electrons. The minimum absolute atomic E-state index is 0.500. The van der Waals surface area contributed by atoms with Crippen LogP contribution in [0.1, 0.15) is 5.56 Å². The normalized spacial score (nSPS) is 12.0.